The summed E-state index contributed by atoms with van der Waals surface area (Å²) < 4.78 is 0. The quantitative estimate of drug-likeness (QED) is 0.696. The zero-order valence-corrected chi connectivity index (χ0v) is 11.1. The number of carbonyl (C=O) groups excluding carboxylic acids is 2. The van der Waals surface area contributed by atoms with Crippen LogP contribution in [0, 0.1) is 0 Å². The van der Waals surface area contributed by atoms with Crippen LogP contribution in [-0.4, -0.2) is 41.0 Å². The van der Waals surface area contributed by atoms with Crippen molar-refractivity contribution >= 4 is 17.9 Å². The van der Waals surface area contributed by atoms with E-state index in [4.69, 9.17) is 10.8 Å². The lowest BCUT2D eigenvalue weighted by Crippen LogP contribution is -2.46. The van der Waals surface area contributed by atoms with Gasteiger partial charge in [0.2, 0.25) is 5.91 Å². The van der Waals surface area contributed by atoms with E-state index in [9.17, 15) is 14.4 Å². The molecule has 1 aromatic carbocycles. The Bertz CT molecular complexity index is 490. The third-order valence-corrected chi connectivity index (χ3v) is 2.69. The van der Waals surface area contributed by atoms with Crippen LogP contribution in [0.15, 0.2) is 30.3 Å². The van der Waals surface area contributed by atoms with E-state index >= 15 is 0 Å². The van der Waals surface area contributed by atoms with Gasteiger partial charge >= 0.3 is 12.0 Å². The van der Waals surface area contributed by atoms with E-state index < -0.39 is 30.5 Å². The van der Waals surface area contributed by atoms with Crippen molar-refractivity contribution in [2.24, 2.45) is 5.73 Å². The van der Waals surface area contributed by atoms with Crippen LogP contribution < -0.4 is 11.1 Å². The van der Waals surface area contributed by atoms with Crippen molar-refractivity contribution in [3.05, 3.63) is 35.9 Å². The van der Waals surface area contributed by atoms with Gasteiger partial charge < -0.3 is 21.1 Å². The Morgan fingerprint density at radius 3 is 2.35 bits per heavy atom. The summed E-state index contributed by atoms with van der Waals surface area (Å²) >= 11 is 0. The summed E-state index contributed by atoms with van der Waals surface area (Å²) in [4.78, 5) is 35.3. The Kier molecular flexibility index (Phi) is 5.52. The second kappa shape index (κ2) is 7.13. The summed E-state index contributed by atoms with van der Waals surface area (Å²) in [5, 5.41) is 11.1. The molecule has 0 aliphatic rings. The Hall–Kier alpha value is -2.57. The smallest absolute Gasteiger partial charge is 0.323 e. The lowest BCUT2D eigenvalue weighted by molar-refractivity contribution is -0.145. The molecule has 0 heterocycles. The Morgan fingerprint density at radius 2 is 1.90 bits per heavy atom. The van der Waals surface area contributed by atoms with Crippen LogP contribution in [0.2, 0.25) is 0 Å². The van der Waals surface area contributed by atoms with E-state index in [1.165, 1.54) is 0 Å². The molecule has 0 saturated heterocycles. The third-order valence-electron chi connectivity index (χ3n) is 2.69. The van der Waals surface area contributed by atoms with Gasteiger partial charge in [0.05, 0.1) is 0 Å². The van der Waals surface area contributed by atoms with Crippen LogP contribution in [0.25, 0.3) is 0 Å². The molecular weight excluding hydrogens is 262 g/mol. The lowest BCUT2D eigenvalue weighted by Gasteiger charge is -2.25. The normalized spacial score (nSPS) is 11.4. The molecule has 108 valence electrons. The van der Waals surface area contributed by atoms with E-state index in [0.29, 0.717) is 5.56 Å². The fourth-order valence-corrected chi connectivity index (χ4v) is 1.77. The first kappa shape index (κ1) is 15.5. The van der Waals surface area contributed by atoms with E-state index in [1.54, 1.807) is 37.3 Å². The Labute approximate surface area is 116 Å². The van der Waals surface area contributed by atoms with Gasteiger partial charge in [-0.15, -0.1) is 0 Å². The summed E-state index contributed by atoms with van der Waals surface area (Å²) in [6.07, 6.45) is 0. The maximum absolute atomic E-state index is 12.3. The van der Waals surface area contributed by atoms with Crippen LogP contribution >= 0.6 is 0 Å². The molecule has 0 bridgehead atoms. The van der Waals surface area contributed by atoms with Gasteiger partial charge in [-0.25, -0.2) is 4.79 Å². The number of carboxylic acid groups (broad SMARTS) is 1. The fourth-order valence-electron chi connectivity index (χ4n) is 1.77. The van der Waals surface area contributed by atoms with Crippen molar-refractivity contribution in [3.8, 4) is 0 Å². The molecule has 7 nitrogen and oxygen atoms in total. The predicted octanol–water partition coefficient (Wildman–Crippen LogP) is 0.329. The van der Waals surface area contributed by atoms with Crippen molar-refractivity contribution in [1.82, 2.24) is 10.2 Å². The number of nitrogens with two attached hydrogens (primary N) is 1. The number of carbonyl (C=O) groups is 3. The molecule has 1 rings (SSSR count). The van der Waals surface area contributed by atoms with Gasteiger partial charge in [-0.05, 0) is 12.5 Å². The van der Waals surface area contributed by atoms with Gasteiger partial charge in [-0.1, -0.05) is 30.3 Å². The van der Waals surface area contributed by atoms with E-state index in [1.807, 2.05) is 0 Å². The van der Waals surface area contributed by atoms with Crippen LogP contribution in [0.4, 0.5) is 4.79 Å². The molecule has 0 fully saturated rings. The zero-order valence-electron chi connectivity index (χ0n) is 11.1. The molecular formula is C13H17N3O4. The van der Waals surface area contributed by atoms with E-state index in [-0.39, 0.29) is 6.54 Å². The second-order valence-electron chi connectivity index (χ2n) is 4.10. The first-order valence-electron chi connectivity index (χ1n) is 6.07. The lowest BCUT2D eigenvalue weighted by atomic mass is 10.1. The number of nitrogens with zero attached hydrogens (tertiary/aromatic N) is 1. The Balaban J connectivity index is 3.01. The summed E-state index contributed by atoms with van der Waals surface area (Å²) in [6.45, 7) is 1.45. The first-order valence-corrected chi connectivity index (χ1v) is 6.07. The van der Waals surface area contributed by atoms with Gasteiger partial charge in [0, 0.05) is 6.54 Å². The van der Waals surface area contributed by atoms with Crippen LogP contribution in [-0.2, 0) is 9.59 Å². The number of likely N-dealkylation sites (N-methyl/N-ethyl adjacent to an activating group) is 1. The highest BCUT2D eigenvalue weighted by Gasteiger charge is 2.27. The first-order chi connectivity index (χ1) is 9.45. The summed E-state index contributed by atoms with van der Waals surface area (Å²) in [5.41, 5.74) is 5.62. The Morgan fingerprint density at radius 1 is 1.30 bits per heavy atom. The molecule has 7 heteroatoms. The zero-order chi connectivity index (χ0) is 15.1. The number of aliphatic carboxylic acids is 1. The van der Waals surface area contributed by atoms with Crippen molar-refractivity contribution in [3.63, 3.8) is 0 Å². The highest BCUT2D eigenvalue weighted by molar-refractivity contribution is 5.89. The monoisotopic (exact) mass is 279 g/mol. The average molecular weight is 279 g/mol. The number of urea groups is 1. The summed E-state index contributed by atoms with van der Waals surface area (Å²) in [6, 6.07) is 6.67. The minimum Gasteiger partial charge on any atom is -0.480 e. The number of hydrogen-bond donors (Lipinski definition) is 3. The fraction of sp³-hybridized carbons (Fsp3) is 0.308. The molecule has 1 aromatic rings. The molecule has 0 saturated carbocycles. The third kappa shape index (κ3) is 4.27. The highest BCUT2D eigenvalue weighted by Crippen LogP contribution is 2.15. The van der Waals surface area contributed by atoms with Gasteiger partial charge in [0.25, 0.3) is 0 Å². The molecule has 0 aliphatic heterocycles. The number of rotatable bonds is 6. The SMILES string of the molecule is CCN(CC(=O)O)C(=O)C(NC(N)=O)c1ccccc1. The molecule has 4 N–H and O–H groups in total. The minimum atomic E-state index is -1.12. The molecule has 0 radical (unpaired) electrons. The van der Waals surface area contributed by atoms with E-state index in [2.05, 4.69) is 5.32 Å². The molecule has 1 unspecified atom stereocenters. The maximum Gasteiger partial charge on any atom is 0.323 e. The van der Waals surface area contributed by atoms with Gasteiger partial charge in [-0.2, -0.15) is 0 Å². The predicted molar refractivity (Wildman–Crippen MR) is 71.8 cm³/mol. The number of amides is 3. The molecule has 20 heavy (non-hydrogen) atoms. The number of primary amides is 1. The largest absolute Gasteiger partial charge is 0.480 e. The molecule has 3 amide bonds. The van der Waals surface area contributed by atoms with Crippen LogP contribution in [0.3, 0.4) is 0 Å². The number of benzene rings is 1. The second-order valence-corrected chi connectivity index (χ2v) is 4.10. The molecule has 0 aliphatic carbocycles. The maximum atomic E-state index is 12.3. The van der Waals surface area contributed by atoms with Crippen molar-refractivity contribution in [1.29, 1.82) is 0 Å². The molecule has 1 atom stereocenters. The van der Waals surface area contributed by atoms with Crippen molar-refractivity contribution in [2.75, 3.05) is 13.1 Å². The van der Waals surface area contributed by atoms with Gasteiger partial charge in [0.1, 0.15) is 12.6 Å². The highest BCUT2D eigenvalue weighted by atomic mass is 16.4. The standard InChI is InChI=1S/C13H17N3O4/c1-2-16(8-10(17)18)12(19)11(15-13(14)20)9-6-4-3-5-7-9/h3-7,11H,2,8H2,1H3,(H,17,18)(H3,14,15,20). The topological polar surface area (TPSA) is 113 Å². The van der Waals surface area contributed by atoms with Crippen molar-refractivity contribution < 1.29 is 19.5 Å². The van der Waals surface area contributed by atoms with Crippen LogP contribution in [0.1, 0.15) is 18.5 Å². The number of hydrogen-bond acceptors (Lipinski definition) is 3. The number of nitrogens with one attached hydrogen (secondary N) is 1. The van der Waals surface area contributed by atoms with E-state index in [0.717, 1.165) is 4.90 Å². The summed E-state index contributed by atoms with van der Waals surface area (Å²) in [7, 11) is 0. The minimum absolute atomic E-state index is 0.217. The molecule has 0 aromatic heterocycles. The average Bonchev–Trinajstić information content (AvgIpc) is 2.42. The molecule has 0 spiro atoms. The van der Waals surface area contributed by atoms with Crippen LogP contribution in [0.5, 0.6) is 0 Å². The summed E-state index contributed by atoms with van der Waals surface area (Å²) in [5.74, 6) is -1.63. The van der Waals surface area contributed by atoms with Crippen molar-refractivity contribution in [2.45, 2.75) is 13.0 Å². The van der Waals surface area contributed by atoms with Gasteiger partial charge in [-0.3, -0.25) is 9.59 Å². The van der Waals surface area contributed by atoms with Gasteiger partial charge in [0.15, 0.2) is 0 Å². The number of carboxylic acids is 1.